The van der Waals surface area contributed by atoms with E-state index in [1.807, 2.05) is 0 Å². The van der Waals surface area contributed by atoms with Crippen LogP contribution in [0.25, 0.3) is 0 Å². The van der Waals surface area contributed by atoms with Crippen LogP contribution in [0.5, 0.6) is 0 Å². The fourth-order valence-corrected chi connectivity index (χ4v) is 4.12. The summed E-state index contributed by atoms with van der Waals surface area (Å²) < 4.78 is 0. The molecule has 3 N–H and O–H groups in total. The van der Waals surface area contributed by atoms with Gasteiger partial charge in [0.1, 0.15) is 0 Å². The monoisotopic (exact) mass is 302 g/mol. The molecule has 0 radical (unpaired) electrons. The zero-order valence-corrected chi connectivity index (χ0v) is 13.6. The maximum atomic E-state index is 11.8. The first-order chi connectivity index (χ1) is 9.14. The third-order valence-electron chi connectivity index (χ3n) is 5.35. The number of rotatable bonds is 4. The summed E-state index contributed by atoms with van der Waals surface area (Å²) in [6.45, 7) is 2.63. The van der Waals surface area contributed by atoms with Crippen molar-refractivity contribution in [3.63, 3.8) is 0 Å². The van der Waals surface area contributed by atoms with E-state index in [0.29, 0.717) is 5.41 Å². The minimum Gasteiger partial charge on any atom is -0.354 e. The molecule has 0 aliphatic heterocycles. The molecule has 20 heavy (non-hydrogen) atoms. The number of hydrogen-bond donors (Lipinski definition) is 2. The number of halogens is 1. The van der Waals surface area contributed by atoms with Crippen LogP contribution in [0, 0.1) is 11.3 Å². The zero-order valence-electron chi connectivity index (χ0n) is 12.8. The van der Waals surface area contributed by atoms with Gasteiger partial charge in [-0.05, 0) is 43.9 Å². The fourth-order valence-electron chi connectivity index (χ4n) is 4.12. The number of carbonyl (C=O) groups excluding carboxylic acids is 1. The van der Waals surface area contributed by atoms with Gasteiger partial charge in [-0.25, -0.2) is 0 Å². The fraction of sp³-hybridized carbons (Fsp3) is 0.938. The molecule has 0 aromatic rings. The lowest BCUT2D eigenvalue weighted by Crippen LogP contribution is -2.48. The average Bonchev–Trinajstić information content (AvgIpc) is 2.46. The number of amides is 1. The van der Waals surface area contributed by atoms with Gasteiger partial charge in [-0.3, -0.25) is 4.79 Å². The Balaban J connectivity index is 0.00000200. The van der Waals surface area contributed by atoms with Gasteiger partial charge in [0.15, 0.2) is 0 Å². The highest BCUT2D eigenvalue weighted by molar-refractivity contribution is 5.85. The van der Waals surface area contributed by atoms with Crippen LogP contribution < -0.4 is 11.1 Å². The highest BCUT2D eigenvalue weighted by Crippen LogP contribution is 2.47. The predicted octanol–water partition coefficient (Wildman–Crippen LogP) is 3.40. The van der Waals surface area contributed by atoms with Crippen molar-refractivity contribution in [2.45, 2.75) is 77.2 Å². The maximum absolute atomic E-state index is 11.8. The summed E-state index contributed by atoms with van der Waals surface area (Å²) in [5.74, 6) is 0.843. The largest absolute Gasteiger partial charge is 0.354 e. The molecule has 4 heteroatoms. The van der Waals surface area contributed by atoms with Gasteiger partial charge in [0.2, 0.25) is 5.91 Å². The van der Waals surface area contributed by atoms with Gasteiger partial charge in [0.05, 0.1) is 6.04 Å². The van der Waals surface area contributed by atoms with Gasteiger partial charge in [-0.2, -0.15) is 0 Å². The Hall–Kier alpha value is -0.280. The molecule has 0 aromatic heterocycles. The van der Waals surface area contributed by atoms with Crippen molar-refractivity contribution in [3.8, 4) is 0 Å². The van der Waals surface area contributed by atoms with Gasteiger partial charge in [-0.1, -0.05) is 38.5 Å². The predicted molar refractivity (Wildman–Crippen MR) is 86.0 cm³/mol. The third kappa shape index (κ3) is 4.36. The molecule has 2 aliphatic rings. The van der Waals surface area contributed by atoms with Crippen LogP contribution in [-0.4, -0.2) is 18.5 Å². The van der Waals surface area contributed by atoms with Crippen LogP contribution in [-0.2, 0) is 4.79 Å². The Morgan fingerprint density at radius 1 is 1.15 bits per heavy atom. The second-order valence-electron chi connectivity index (χ2n) is 6.76. The second kappa shape index (κ2) is 8.23. The van der Waals surface area contributed by atoms with Crippen molar-refractivity contribution >= 4 is 18.3 Å². The van der Waals surface area contributed by atoms with Crippen LogP contribution in [0.2, 0.25) is 0 Å². The van der Waals surface area contributed by atoms with E-state index in [1.165, 1.54) is 64.2 Å². The van der Waals surface area contributed by atoms with Crippen molar-refractivity contribution in [2.24, 2.45) is 17.1 Å². The van der Waals surface area contributed by atoms with Crippen LogP contribution in [0.4, 0.5) is 0 Å². The summed E-state index contributed by atoms with van der Waals surface area (Å²) in [7, 11) is 0. The first-order valence-corrected chi connectivity index (χ1v) is 8.17. The number of nitrogens with one attached hydrogen (secondary N) is 1. The van der Waals surface area contributed by atoms with E-state index >= 15 is 0 Å². The maximum Gasteiger partial charge on any atom is 0.236 e. The molecule has 0 bridgehead atoms. The molecule has 118 valence electrons. The van der Waals surface area contributed by atoms with Crippen LogP contribution in [0.1, 0.15) is 71.1 Å². The molecule has 2 aliphatic carbocycles. The van der Waals surface area contributed by atoms with Crippen molar-refractivity contribution in [2.75, 3.05) is 6.54 Å². The van der Waals surface area contributed by atoms with Crippen molar-refractivity contribution in [3.05, 3.63) is 0 Å². The van der Waals surface area contributed by atoms with Gasteiger partial charge in [0.25, 0.3) is 0 Å². The quantitative estimate of drug-likeness (QED) is 0.836. The van der Waals surface area contributed by atoms with Crippen LogP contribution in [0.15, 0.2) is 0 Å². The summed E-state index contributed by atoms with van der Waals surface area (Å²) in [5.41, 5.74) is 6.04. The number of nitrogens with two attached hydrogens (primary N) is 1. The molecule has 1 atom stereocenters. The average molecular weight is 303 g/mol. The second-order valence-corrected chi connectivity index (χ2v) is 6.76. The molecule has 2 saturated carbocycles. The molecule has 2 fully saturated rings. The summed E-state index contributed by atoms with van der Waals surface area (Å²) in [6, 6.07) is -0.382. The molecule has 0 saturated heterocycles. The van der Waals surface area contributed by atoms with E-state index in [0.717, 1.165) is 12.5 Å². The van der Waals surface area contributed by atoms with Crippen LogP contribution >= 0.6 is 12.4 Å². The van der Waals surface area contributed by atoms with Gasteiger partial charge in [-0.15, -0.1) is 12.4 Å². The van der Waals surface area contributed by atoms with Gasteiger partial charge < -0.3 is 11.1 Å². The molecular weight excluding hydrogens is 272 g/mol. The lowest BCUT2D eigenvalue weighted by molar-refractivity contribution is -0.123. The third-order valence-corrected chi connectivity index (χ3v) is 5.35. The molecule has 0 heterocycles. The topological polar surface area (TPSA) is 55.1 Å². The smallest absolute Gasteiger partial charge is 0.236 e. The van der Waals surface area contributed by atoms with Crippen LogP contribution in [0.3, 0.4) is 0 Å². The normalized spacial score (nSPS) is 24.5. The zero-order chi connectivity index (χ0) is 13.7. The molecule has 0 aromatic carbocycles. The molecule has 3 nitrogen and oxygen atoms in total. The lowest BCUT2D eigenvalue weighted by atomic mass is 9.61. The van der Waals surface area contributed by atoms with Crippen molar-refractivity contribution in [1.29, 1.82) is 0 Å². The summed E-state index contributed by atoms with van der Waals surface area (Å²) in [5, 5.41) is 3.13. The molecule has 1 amide bonds. The Bertz CT molecular complexity index is 295. The van der Waals surface area contributed by atoms with E-state index < -0.39 is 0 Å². The Morgan fingerprint density at radius 3 is 2.25 bits per heavy atom. The number of carbonyl (C=O) groups is 1. The van der Waals surface area contributed by atoms with Crippen molar-refractivity contribution in [1.82, 2.24) is 5.32 Å². The summed E-state index contributed by atoms with van der Waals surface area (Å²) in [4.78, 5) is 11.8. The van der Waals surface area contributed by atoms with Gasteiger partial charge in [0, 0.05) is 6.54 Å². The Labute approximate surface area is 129 Å². The molecule has 2 rings (SSSR count). The van der Waals surface area contributed by atoms with Crippen molar-refractivity contribution < 1.29 is 4.79 Å². The van der Waals surface area contributed by atoms with E-state index in [2.05, 4.69) is 5.32 Å². The minimum absolute atomic E-state index is 0. The highest BCUT2D eigenvalue weighted by atomic mass is 35.5. The first kappa shape index (κ1) is 17.8. The van der Waals surface area contributed by atoms with E-state index in [9.17, 15) is 4.79 Å². The van der Waals surface area contributed by atoms with E-state index in [4.69, 9.17) is 5.73 Å². The van der Waals surface area contributed by atoms with E-state index in [-0.39, 0.29) is 24.4 Å². The molecule has 0 unspecified atom stereocenters. The standard InChI is InChI=1S/C16H30N2O.ClH/c1-13(17)15(19)18-12-16(10-6-3-7-11-16)14-8-4-2-5-9-14;/h13-14H,2-12,17H2,1H3,(H,18,19);1H/t13-;/m1./s1. The Morgan fingerprint density at radius 2 is 1.70 bits per heavy atom. The lowest BCUT2D eigenvalue weighted by Gasteiger charge is -2.45. The highest BCUT2D eigenvalue weighted by Gasteiger charge is 2.40. The first-order valence-electron chi connectivity index (χ1n) is 8.17. The molecular formula is C16H31ClN2O. The number of hydrogen-bond acceptors (Lipinski definition) is 2. The summed E-state index contributed by atoms with van der Waals surface area (Å²) in [6.07, 6.45) is 13.6. The Kier molecular flexibility index (Phi) is 7.32. The SMILES string of the molecule is C[C@@H](N)C(=O)NCC1(C2CCCCC2)CCCCC1.Cl. The summed E-state index contributed by atoms with van der Waals surface area (Å²) >= 11 is 0. The van der Waals surface area contributed by atoms with E-state index in [1.54, 1.807) is 6.92 Å². The molecule has 0 spiro atoms. The van der Waals surface area contributed by atoms with Gasteiger partial charge >= 0.3 is 0 Å². The minimum atomic E-state index is -0.382.